The smallest absolute Gasteiger partial charge is 0.322 e. The summed E-state index contributed by atoms with van der Waals surface area (Å²) in [5, 5.41) is 10.7. The summed E-state index contributed by atoms with van der Waals surface area (Å²) in [4.78, 5) is 28.4. The molecular weight excluding hydrogens is 224 g/mol. The molecule has 0 spiro atoms. The fraction of sp³-hybridized carbons (Fsp3) is 0.143. The third kappa shape index (κ3) is 3.06. The molecule has 1 heterocycles. The van der Waals surface area contributed by atoms with E-state index >= 15 is 0 Å². The van der Waals surface area contributed by atoms with E-state index in [9.17, 15) is 9.59 Å². The number of hydrogen-bond donors (Lipinski definition) is 3. The number of nitrogens with zero attached hydrogens (tertiary/aromatic N) is 2. The Labute approximate surface area is 89.3 Å². The van der Waals surface area contributed by atoms with Crippen LogP contribution in [-0.4, -0.2) is 33.5 Å². The highest BCUT2D eigenvalue weighted by atomic mass is 35.5. The Bertz CT molecular complexity index is 409. The minimum atomic E-state index is -1.10. The molecule has 0 saturated heterocycles. The highest BCUT2D eigenvalue weighted by Crippen LogP contribution is 2.12. The van der Waals surface area contributed by atoms with Crippen molar-refractivity contribution in [2.24, 2.45) is 5.73 Å². The lowest BCUT2D eigenvalue weighted by Crippen LogP contribution is -2.19. The van der Waals surface area contributed by atoms with Crippen LogP contribution in [0.3, 0.4) is 0 Å². The van der Waals surface area contributed by atoms with Gasteiger partial charge in [0.05, 0.1) is 5.56 Å². The molecule has 0 radical (unpaired) electrons. The van der Waals surface area contributed by atoms with E-state index in [1.165, 1.54) is 0 Å². The normalized spacial score (nSPS) is 9.67. The standard InChI is InChI=1S/C7H7ClN4O3/c8-7-11-1-3(5(9)15)6(12-7)10-2-4(13)14/h1H,2H2,(H2,9,15)(H,13,14)(H,10,11,12). The number of rotatable bonds is 4. The second kappa shape index (κ2) is 4.56. The lowest BCUT2D eigenvalue weighted by molar-refractivity contribution is -0.134. The first-order chi connectivity index (χ1) is 7.00. The summed E-state index contributed by atoms with van der Waals surface area (Å²) in [6.45, 7) is -0.395. The van der Waals surface area contributed by atoms with Gasteiger partial charge in [0.2, 0.25) is 5.28 Å². The van der Waals surface area contributed by atoms with Crippen LogP contribution in [0.1, 0.15) is 10.4 Å². The van der Waals surface area contributed by atoms with Crippen LogP contribution in [0.25, 0.3) is 0 Å². The summed E-state index contributed by atoms with van der Waals surface area (Å²) in [5.74, 6) is -1.86. The first-order valence-corrected chi connectivity index (χ1v) is 4.16. The fourth-order valence-electron chi connectivity index (χ4n) is 0.835. The van der Waals surface area contributed by atoms with Crippen LogP contribution in [0.15, 0.2) is 6.20 Å². The van der Waals surface area contributed by atoms with Gasteiger partial charge in [-0.1, -0.05) is 0 Å². The molecule has 1 aromatic heterocycles. The van der Waals surface area contributed by atoms with E-state index in [0.29, 0.717) is 0 Å². The van der Waals surface area contributed by atoms with Crippen LogP contribution in [0.5, 0.6) is 0 Å². The van der Waals surface area contributed by atoms with Gasteiger partial charge < -0.3 is 16.2 Å². The van der Waals surface area contributed by atoms with Crippen molar-refractivity contribution in [3.8, 4) is 0 Å². The lowest BCUT2D eigenvalue weighted by Gasteiger charge is -2.06. The Morgan fingerprint density at radius 3 is 2.80 bits per heavy atom. The monoisotopic (exact) mass is 230 g/mol. The number of nitrogens with one attached hydrogen (secondary N) is 1. The van der Waals surface area contributed by atoms with Crippen LogP contribution >= 0.6 is 11.6 Å². The first-order valence-electron chi connectivity index (χ1n) is 3.78. The molecule has 0 bridgehead atoms. The van der Waals surface area contributed by atoms with Crippen molar-refractivity contribution in [2.45, 2.75) is 0 Å². The molecule has 0 aliphatic rings. The van der Waals surface area contributed by atoms with Gasteiger partial charge in [-0.15, -0.1) is 0 Å². The van der Waals surface area contributed by atoms with Gasteiger partial charge in [0.15, 0.2) is 0 Å². The Balaban J connectivity index is 2.96. The van der Waals surface area contributed by atoms with Crippen molar-refractivity contribution in [3.05, 3.63) is 17.0 Å². The molecule has 0 saturated carbocycles. The number of hydrogen-bond acceptors (Lipinski definition) is 5. The number of carboxylic acids is 1. The van der Waals surface area contributed by atoms with Gasteiger partial charge >= 0.3 is 5.97 Å². The number of aromatic nitrogens is 2. The van der Waals surface area contributed by atoms with E-state index in [1.54, 1.807) is 0 Å². The van der Waals surface area contributed by atoms with Gasteiger partial charge in [0.1, 0.15) is 12.4 Å². The third-order valence-corrected chi connectivity index (χ3v) is 1.61. The number of carbonyl (C=O) groups is 2. The van der Waals surface area contributed by atoms with Gasteiger partial charge in [-0.25, -0.2) is 4.98 Å². The minimum Gasteiger partial charge on any atom is -0.480 e. The summed E-state index contributed by atoms with van der Waals surface area (Å²) in [6.07, 6.45) is 1.13. The summed E-state index contributed by atoms with van der Waals surface area (Å²) >= 11 is 5.48. The molecule has 0 unspecified atom stereocenters. The maximum absolute atomic E-state index is 10.9. The Hall–Kier alpha value is -1.89. The molecule has 1 amide bonds. The Morgan fingerprint density at radius 1 is 1.60 bits per heavy atom. The average molecular weight is 231 g/mol. The van der Waals surface area contributed by atoms with Gasteiger partial charge in [-0.3, -0.25) is 9.59 Å². The van der Waals surface area contributed by atoms with Crippen LogP contribution in [0.2, 0.25) is 5.28 Å². The maximum Gasteiger partial charge on any atom is 0.322 e. The van der Waals surface area contributed by atoms with Gasteiger partial charge in [-0.05, 0) is 11.6 Å². The lowest BCUT2D eigenvalue weighted by atomic mass is 10.3. The summed E-state index contributed by atoms with van der Waals surface area (Å²) in [7, 11) is 0. The third-order valence-electron chi connectivity index (χ3n) is 1.43. The second-order valence-corrected chi connectivity index (χ2v) is 2.85. The number of halogens is 1. The van der Waals surface area contributed by atoms with E-state index in [1.807, 2.05) is 0 Å². The van der Waals surface area contributed by atoms with E-state index < -0.39 is 18.4 Å². The van der Waals surface area contributed by atoms with Gasteiger partial charge in [0, 0.05) is 6.20 Å². The van der Waals surface area contributed by atoms with Crippen molar-refractivity contribution >= 4 is 29.3 Å². The predicted octanol–water partition coefficient (Wildman–Crippen LogP) is -0.275. The van der Waals surface area contributed by atoms with Crippen LogP contribution in [-0.2, 0) is 4.79 Å². The number of nitrogens with two attached hydrogens (primary N) is 1. The number of carbonyl (C=O) groups excluding carboxylic acids is 1. The van der Waals surface area contributed by atoms with Crippen LogP contribution in [0, 0.1) is 0 Å². The number of anilines is 1. The maximum atomic E-state index is 10.9. The van der Waals surface area contributed by atoms with E-state index in [2.05, 4.69) is 15.3 Å². The Morgan fingerprint density at radius 2 is 2.27 bits per heavy atom. The molecule has 0 atom stereocenters. The molecule has 0 aliphatic heterocycles. The molecule has 80 valence electrons. The number of aliphatic carboxylic acids is 1. The average Bonchev–Trinajstić information content (AvgIpc) is 2.14. The van der Waals surface area contributed by atoms with Crippen molar-refractivity contribution in [1.29, 1.82) is 0 Å². The summed E-state index contributed by atoms with van der Waals surface area (Å²) in [6, 6.07) is 0. The van der Waals surface area contributed by atoms with Crippen molar-refractivity contribution < 1.29 is 14.7 Å². The zero-order valence-corrected chi connectivity index (χ0v) is 8.15. The van der Waals surface area contributed by atoms with E-state index in [4.69, 9.17) is 22.4 Å². The summed E-state index contributed by atoms with van der Waals surface area (Å²) < 4.78 is 0. The molecule has 1 aromatic rings. The number of amides is 1. The quantitative estimate of drug-likeness (QED) is 0.613. The van der Waals surface area contributed by atoms with Gasteiger partial charge in [-0.2, -0.15) is 4.98 Å². The molecule has 8 heteroatoms. The largest absolute Gasteiger partial charge is 0.480 e. The topological polar surface area (TPSA) is 118 Å². The van der Waals surface area contributed by atoms with Crippen molar-refractivity contribution in [2.75, 3.05) is 11.9 Å². The predicted molar refractivity (Wildman–Crippen MR) is 51.7 cm³/mol. The fourth-order valence-corrected chi connectivity index (χ4v) is 0.968. The molecule has 0 aromatic carbocycles. The zero-order chi connectivity index (χ0) is 11.4. The number of carboxylic acid groups (broad SMARTS) is 1. The number of primary amides is 1. The molecule has 7 nitrogen and oxygen atoms in total. The van der Waals surface area contributed by atoms with Crippen molar-refractivity contribution in [3.63, 3.8) is 0 Å². The Kier molecular flexibility index (Phi) is 3.40. The highest BCUT2D eigenvalue weighted by molar-refractivity contribution is 6.28. The van der Waals surface area contributed by atoms with E-state index in [-0.39, 0.29) is 16.7 Å². The molecule has 15 heavy (non-hydrogen) atoms. The highest BCUT2D eigenvalue weighted by Gasteiger charge is 2.11. The molecular formula is C7H7ClN4O3. The van der Waals surface area contributed by atoms with Gasteiger partial charge in [0.25, 0.3) is 5.91 Å². The SMILES string of the molecule is NC(=O)c1cnc(Cl)nc1NCC(=O)O. The minimum absolute atomic E-state index is 0.00454. The molecule has 1 rings (SSSR count). The molecule has 0 aliphatic carbocycles. The second-order valence-electron chi connectivity index (χ2n) is 2.51. The molecule has 0 fully saturated rings. The van der Waals surface area contributed by atoms with E-state index in [0.717, 1.165) is 6.20 Å². The van der Waals surface area contributed by atoms with Crippen LogP contribution < -0.4 is 11.1 Å². The first kappa shape index (κ1) is 11.2. The zero-order valence-electron chi connectivity index (χ0n) is 7.40. The van der Waals surface area contributed by atoms with Crippen LogP contribution in [0.4, 0.5) is 5.82 Å². The molecule has 4 N–H and O–H groups in total. The van der Waals surface area contributed by atoms with Crippen molar-refractivity contribution in [1.82, 2.24) is 9.97 Å². The summed E-state index contributed by atoms with van der Waals surface area (Å²) in [5.41, 5.74) is 5.01.